The van der Waals surface area contributed by atoms with Gasteiger partial charge in [0, 0.05) is 13.2 Å². The molecule has 0 spiro atoms. The summed E-state index contributed by atoms with van der Waals surface area (Å²) in [4.78, 5) is 18.4. The number of anilines is 2. The van der Waals surface area contributed by atoms with Crippen LogP contribution in [0.25, 0.3) is 0 Å². The minimum absolute atomic E-state index is 0.0273. The van der Waals surface area contributed by atoms with Crippen molar-refractivity contribution < 1.29 is 17.9 Å². The van der Waals surface area contributed by atoms with Gasteiger partial charge < -0.3 is 4.74 Å². The van der Waals surface area contributed by atoms with E-state index < -0.39 is 15.9 Å². The molecule has 2 aromatic carbocycles. The number of aromatic nitrogens is 1. The van der Waals surface area contributed by atoms with E-state index >= 15 is 0 Å². The molecule has 148 valence electrons. The van der Waals surface area contributed by atoms with Gasteiger partial charge in [-0.25, -0.2) is 13.4 Å². The largest absolute Gasteiger partial charge is 0.453 e. The van der Waals surface area contributed by atoms with Crippen molar-refractivity contribution in [3.05, 3.63) is 71.4 Å². The lowest BCUT2D eigenvalue weighted by molar-refractivity contribution is 0.0992. The summed E-state index contributed by atoms with van der Waals surface area (Å²) in [6.45, 7) is 3.77. The minimum Gasteiger partial charge on any atom is -0.453 e. The third-order valence-corrected chi connectivity index (χ3v) is 6.07. The molecule has 1 aliphatic rings. The quantitative estimate of drug-likeness (QED) is 0.709. The van der Waals surface area contributed by atoms with Crippen molar-refractivity contribution >= 4 is 27.4 Å². The first-order valence-corrected chi connectivity index (χ1v) is 10.4. The molecule has 0 radical (unpaired) electrons. The third-order valence-electron chi connectivity index (χ3n) is 4.71. The van der Waals surface area contributed by atoms with E-state index in [9.17, 15) is 13.2 Å². The topological polar surface area (TPSA) is 88.6 Å². The maximum absolute atomic E-state index is 12.9. The normalized spacial score (nSPS) is 13.2. The number of carbonyl (C=O) groups is 1. The van der Waals surface area contributed by atoms with Crippen LogP contribution in [-0.4, -0.2) is 26.4 Å². The second kappa shape index (κ2) is 6.89. The zero-order valence-electron chi connectivity index (χ0n) is 16.1. The number of amides is 1. The molecule has 0 saturated heterocycles. The SMILES string of the molecule is Cc1ccc(NS(=O)(=O)c2ccc3c(c2)C(=O)N(C)c2ncccc2O3)c(C)c1. The van der Waals surface area contributed by atoms with E-state index in [-0.39, 0.29) is 16.2 Å². The highest BCUT2D eigenvalue weighted by Crippen LogP contribution is 2.37. The van der Waals surface area contributed by atoms with E-state index in [1.54, 1.807) is 31.4 Å². The Morgan fingerprint density at radius 1 is 1.03 bits per heavy atom. The van der Waals surface area contributed by atoms with E-state index in [1.807, 2.05) is 26.0 Å². The van der Waals surface area contributed by atoms with E-state index in [0.29, 0.717) is 17.3 Å². The lowest BCUT2D eigenvalue weighted by Crippen LogP contribution is -2.26. The van der Waals surface area contributed by atoms with E-state index in [2.05, 4.69) is 9.71 Å². The van der Waals surface area contributed by atoms with E-state index in [4.69, 9.17) is 4.74 Å². The number of benzene rings is 2. The number of sulfonamides is 1. The molecule has 8 heteroatoms. The van der Waals surface area contributed by atoms with Crippen LogP contribution in [0, 0.1) is 13.8 Å². The lowest BCUT2D eigenvalue weighted by Gasteiger charge is -2.15. The van der Waals surface area contributed by atoms with Gasteiger partial charge in [0.2, 0.25) is 0 Å². The highest BCUT2D eigenvalue weighted by Gasteiger charge is 2.28. The van der Waals surface area contributed by atoms with Gasteiger partial charge in [-0.15, -0.1) is 0 Å². The number of carbonyl (C=O) groups excluding carboxylic acids is 1. The Morgan fingerprint density at radius 3 is 2.59 bits per heavy atom. The van der Waals surface area contributed by atoms with Gasteiger partial charge in [0.15, 0.2) is 11.6 Å². The summed E-state index contributed by atoms with van der Waals surface area (Å²) < 4.78 is 34.3. The predicted molar refractivity (Wildman–Crippen MR) is 110 cm³/mol. The Labute approximate surface area is 169 Å². The number of ether oxygens (including phenoxy) is 1. The molecule has 2 heterocycles. The van der Waals surface area contributed by atoms with Crippen LogP contribution >= 0.6 is 0 Å². The second-order valence-corrected chi connectivity index (χ2v) is 8.56. The summed E-state index contributed by atoms with van der Waals surface area (Å²) in [6, 6.07) is 13.1. The number of pyridine rings is 1. The number of nitrogens with zero attached hydrogens (tertiary/aromatic N) is 2. The fourth-order valence-electron chi connectivity index (χ4n) is 3.17. The molecule has 1 aliphatic heterocycles. The second-order valence-electron chi connectivity index (χ2n) is 6.87. The van der Waals surface area contributed by atoms with Gasteiger partial charge in [-0.05, 0) is 55.8 Å². The van der Waals surface area contributed by atoms with Crippen LogP contribution in [0.15, 0.2) is 59.6 Å². The molecular formula is C21H19N3O4S. The summed E-state index contributed by atoms with van der Waals surface area (Å²) in [5, 5.41) is 0. The standard InChI is InChI=1S/C21H19N3O4S/c1-13-6-8-17(14(2)11-13)23-29(26,27)15-7-9-18-16(12-15)21(25)24(3)20-19(28-18)5-4-10-22-20/h4-12,23H,1-3H3. The third kappa shape index (κ3) is 3.42. The molecule has 1 N–H and O–H groups in total. The van der Waals surface area contributed by atoms with Gasteiger partial charge in [0.25, 0.3) is 15.9 Å². The highest BCUT2D eigenvalue weighted by molar-refractivity contribution is 7.92. The molecule has 0 fully saturated rings. The fourth-order valence-corrected chi connectivity index (χ4v) is 4.33. The number of rotatable bonds is 3. The average Bonchev–Trinajstić information content (AvgIpc) is 2.79. The minimum atomic E-state index is -3.89. The first-order valence-electron chi connectivity index (χ1n) is 8.91. The van der Waals surface area contributed by atoms with Gasteiger partial charge in [-0.3, -0.25) is 14.4 Å². The molecule has 0 aliphatic carbocycles. The molecule has 0 atom stereocenters. The van der Waals surface area contributed by atoms with Crippen molar-refractivity contribution in [2.75, 3.05) is 16.7 Å². The highest BCUT2D eigenvalue weighted by atomic mass is 32.2. The summed E-state index contributed by atoms with van der Waals surface area (Å²) >= 11 is 0. The molecule has 0 saturated carbocycles. The molecule has 3 aromatic rings. The van der Waals surface area contributed by atoms with Gasteiger partial charge in [-0.2, -0.15) is 0 Å². The van der Waals surface area contributed by atoms with Crippen molar-refractivity contribution in [3.8, 4) is 11.5 Å². The van der Waals surface area contributed by atoms with Gasteiger partial charge in [0.05, 0.1) is 16.1 Å². The van der Waals surface area contributed by atoms with Crippen molar-refractivity contribution in [3.63, 3.8) is 0 Å². The van der Waals surface area contributed by atoms with Crippen LogP contribution in [0.4, 0.5) is 11.5 Å². The Kier molecular flexibility index (Phi) is 4.50. The maximum Gasteiger partial charge on any atom is 0.263 e. The Bertz CT molecular complexity index is 1240. The molecule has 4 rings (SSSR count). The van der Waals surface area contributed by atoms with Gasteiger partial charge in [0.1, 0.15) is 5.75 Å². The van der Waals surface area contributed by atoms with E-state index in [1.165, 1.54) is 23.1 Å². The number of fused-ring (bicyclic) bond motifs is 2. The molecule has 0 bridgehead atoms. The van der Waals surface area contributed by atoms with Crippen LogP contribution in [0.2, 0.25) is 0 Å². The van der Waals surface area contributed by atoms with Crippen molar-refractivity contribution in [2.24, 2.45) is 0 Å². The Morgan fingerprint density at radius 2 is 1.83 bits per heavy atom. The summed E-state index contributed by atoms with van der Waals surface area (Å²) in [5.74, 6) is 0.665. The molecule has 1 aromatic heterocycles. The number of hydrogen-bond acceptors (Lipinski definition) is 5. The number of hydrogen-bond donors (Lipinski definition) is 1. The summed E-state index contributed by atoms with van der Waals surface area (Å²) in [7, 11) is -2.32. The summed E-state index contributed by atoms with van der Waals surface area (Å²) in [5.41, 5.74) is 2.48. The first-order chi connectivity index (χ1) is 13.8. The van der Waals surface area contributed by atoms with Crippen LogP contribution in [0.1, 0.15) is 21.5 Å². The molecule has 0 unspecified atom stereocenters. The fraction of sp³-hybridized carbons (Fsp3) is 0.143. The van der Waals surface area contributed by atoms with Crippen molar-refractivity contribution in [1.29, 1.82) is 0 Å². The van der Waals surface area contributed by atoms with Gasteiger partial charge >= 0.3 is 0 Å². The molecular weight excluding hydrogens is 390 g/mol. The smallest absolute Gasteiger partial charge is 0.263 e. The zero-order chi connectivity index (χ0) is 20.8. The predicted octanol–water partition coefficient (Wildman–Crippen LogP) is 3.88. The Balaban J connectivity index is 1.74. The lowest BCUT2D eigenvalue weighted by atomic mass is 10.1. The van der Waals surface area contributed by atoms with Crippen LogP contribution in [-0.2, 0) is 10.0 Å². The van der Waals surface area contributed by atoms with Crippen LogP contribution < -0.4 is 14.4 Å². The summed E-state index contributed by atoms with van der Waals surface area (Å²) in [6.07, 6.45) is 1.56. The molecule has 7 nitrogen and oxygen atoms in total. The number of nitrogens with one attached hydrogen (secondary N) is 1. The maximum atomic E-state index is 12.9. The monoisotopic (exact) mass is 409 g/mol. The van der Waals surface area contributed by atoms with Crippen molar-refractivity contribution in [1.82, 2.24) is 4.98 Å². The zero-order valence-corrected chi connectivity index (χ0v) is 16.9. The molecule has 29 heavy (non-hydrogen) atoms. The van der Waals surface area contributed by atoms with Crippen LogP contribution in [0.5, 0.6) is 11.5 Å². The van der Waals surface area contributed by atoms with Crippen LogP contribution in [0.3, 0.4) is 0 Å². The average molecular weight is 409 g/mol. The van der Waals surface area contributed by atoms with Crippen molar-refractivity contribution in [2.45, 2.75) is 18.7 Å². The number of aryl methyl sites for hydroxylation is 2. The molecule has 1 amide bonds. The van der Waals surface area contributed by atoms with E-state index in [0.717, 1.165) is 11.1 Å². The van der Waals surface area contributed by atoms with Gasteiger partial charge in [-0.1, -0.05) is 17.7 Å². The first kappa shape index (κ1) is 18.9. The Hall–Kier alpha value is -3.39.